The predicted molar refractivity (Wildman–Crippen MR) is 69.6 cm³/mol. The van der Waals surface area contributed by atoms with E-state index in [1.54, 1.807) is 0 Å². The van der Waals surface area contributed by atoms with Gasteiger partial charge in [-0.05, 0) is 6.07 Å². The first kappa shape index (κ1) is 15.4. The minimum atomic E-state index is -4.03. The zero-order chi connectivity index (χ0) is 15.6. The second-order valence-corrected chi connectivity index (χ2v) is 6.17. The summed E-state index contributed by atoms with van der Waals surface area (Å²) in [5, 5.41) is 19.8. The van der Waals surface area contributed by atoms with Gasteiger partial charge in [0.15, 0.2) is 0 Å². The molecule has 0 saturated carbocycles. The van der Waals surface area contributed by atoms with Gasteiger partial charge in [-0.25, -0.2) is 13.2 Å². The fourth-order valence-electron chi connectivity index (χ4n) is 1.95. The van der Waals surface area contributed by atoms with E-state index < -0.39 is 37.1 Å². The van der Waals surface area contributed by atoms with Gasteiger partial charge in [0.2, 0.25) is 10.0 Å². The summed E-state index contributed by atoms with van der Waals surface area (Å²) >= 11 is 0. The third kappa shape index (κ3) is 3.01. The minimum absolute atomic E-state index is 0.110. The zero-order valence-corrected chi connectivity index (χ0v) is 11.6. The van der Waals surface area contributed by atoms with E-state index in [1.165, 1.54) is 0 Å². The fraction of sp³-hybridized carbons (Fsp3) is 0.364. The Labute approximate surface area is 119 Å². The van der Waals surface area contributed by atoms with Crippen LogP contribution in [0.1, 0.15) is 10.4 Å². The Kier molecular flexibility index (Phi) is 4.21. The molecule has 0 aromatic heterocycles. The van der Waals surface area contributed by atoms with E-state index in [9.17, 15) is 23.3 Å². The van der Waals surface area contributed by atoms with Crippen LogP contribution in [0.3, 0.4) is 0 Å². The van der Waals surface area contributed by atoms with Crippen molar-refractivity contribution in [3.05, 3.63) is 33.9 Å². The molecule has 10 heteroatoms. The van der Waals surface area contributed by atoms with Gasteiger partial charge >= 0.3 is 5.97 Å². The molecule has 0 spiro atoms. The lowest BCUT2D eigenvalue weighted by Crippen LogP contribution is -2.41. The molecular weight excluding hydrogens is 304 g/mol. The van der Waals surface area contributed by atoms with Crippen molar-refractivity contribution in [2.45, 2.75) is 4.90 Å². The van der Waals surface area contributed by atoms with Gasteiger partial charge in [0.25, 0.3) is 5.69 Å². The second kappa shape index (κ2) is 5.76. The lowest BCUT2D eigenvalue weighted by molar-refractivity contribution is -0.384. The summed E-state index contributed by atoms with van der Waals surface area (Å²) in [5.41, 5.74) is -1.09. The average Bonchev–Trinajstić information content (AvgIpc) is 2.47. The number of morpholine rings is 1. The number of ether oxygens (including phenoxy) is 1. The third-order valence-corrected chi connectivity index (χ3v) is 4.95. The van der Waals surface area contributed by atoms with Crippen LogP contribution >= 0.6 is 0 Å². The molecule has 1 aromatic rings. The molecule has 0 radical (unpaired) electrons. The summed E-state index contributed by atoms with van der Waals surface area (Å²) in [6.07, 6.45) is 0. The Morgan fingerprint density at radius 2 is 1.95 bits per heavy atom. The monoisotopic (exact) mass is 316 g/mol. The van der Waals surface area contributed by atoms with Crippen molar-refractivity contribution < 1.29 is 28.0 Å². The molecule has 0 bridgehead atoms. The average molecular weight is 316 g/mol. The van der Waals surface area contributed by atoms with Gasteiger partial charge in [-0.2, -0.15) is 4.31 Å². The first-order valence-corrected chi connectivity index (χ1v) is 7.37. The third-order valence-electron chi connectivity index (χ3n) is 2.99. The van der Waals surface area contributed by atoms with E-state index in [-0.39, 0.29) is 26.3 Å². The SMILES string of the molecule is O=C(O)c1cc([N+](=O)[O-])ccc1S(=O)(=O)N1CCOCC1. The Bertz CT molecular complexity index is 680. The molecule has 1 heterocycles. The quantitative estimate of drug-likeness (QED) is 0.625. The lowest BCUT2D eigenvalue weighted by atomic mass is 10.2. The van der Waals surface area contributed by atoms with E-state index in [4.69, 9.17) is 9.84 Å². The Hall–Kier alpha value is -2.04. The molecule has 114 valence electrons. The highest BCUT2D eigenvalue weighted by Crippen LogP contribution is 2.25. The summed E-state index contributed by atoms with van der Waals surface area (Å²) in [6.45, 7) is 0.653. The number of rotatable bonds is 4. The van der Waals surface area contributed by atoms with Crippen molar-refractivity contribution in [1.29, 1.82) is 0 Å². The lowest BCUT2D eigenvalue weighted by Gasteiger charge is -2.26. The molecule has 9 nitrogen and oxygen atoms in total. The van der Waals surface area contributed by atoms with Crippen molar-refractivity contribution in [3.63, 3.8) is 0 Å². The van der Waals surface area contributed by atoms with Gasteiger partial charge in [-0.1, -0.05) is 0 Å². The van der Waals surface area contributed by atoms with Crippen molar-refractivity contribution in [1.82, 2.24) is 4.31 Å². The van der Waals surface area contributed by atoms with Crippen LogP contribution in [0.5, 0.6) is 0 Å². The number of carboxylic acids is 1. The number of sulfonamides is 1. The number of carbonyl (C=O) groups is 1. The van der Waals surface area contributed by atoms with Gasteiger partial charge in [-0.3, -0.25) is 10.1 Å². The van der Waals surface area contributed by atoms with Gasteiger partial charge < -0.3 is 9.84 Å². The van der Waals surface area contributed by atoms with Gasteiger partial charge in [0.05, 0.1) is 28.6 Å². The summed E-state index contributed by atoms with van der Waals surface area (Å²) in [5.74, 6) is -1.54. The predicted octanol–water partition coefficient (Wildman–Crippen LogP) is 0.314. The maximum absolute atomic E-state index is 12.4. The number of nitrogens with zero attached hydrogens (tertiary/aromatic N) is 2. The molecule has 1 aromatic carbocycles. The molecule has 1 aliphatic rings. The van der Waals surface area contributed by atoms with E-state index in [0.29, 0.717) is 0 Å². The number of carboxylic acid groups (broad SMARTS) is 1. The van der Waals surface area contributed by atoms with Crippen molar-refractivity contribution in [2.75, 3.05) is 26.3 Å². The molecule has 1 fully saturated rings. The molecule has 0 atom stereocenters. The largest absolute Gasteiger partial charge is 0.478 e. The molecule has 0 amide bonds. The highest BCUT2D eigenvalue weighted by atomic mass is 32.2. The van der Waals surface area contributed by atoms with Crippen LogP contribution in [0.25, 0.3) is 0 Å². The smallest absolute Gasteiger partial charge is 0.337 e. The fourth-order valence-corrected chi connectivity index (χ4v) is 3.52. The summed E-state index contributed by atoms with van der Waals surface area (Å²) in [6, 6.07) is 2.67. The van der Waals surface area contributed by atoms with Crippen molar-refractivity contribution >= 4 is 21.7 Å². The number of nitro benzene ring substituents is 1. The second-order valence-electron chi connectivity index (χ2n) is 4.26. The number of benzene rings is 1. The summed E-state index contributed by atoms with van der Waals surface area (Å²) in [4.78, 5) is 20.6. The van der Waals surface area contributed by atoms with Crippen molar-refractivity contribution in [3.8, 4) is 0 Å². The molecule has 2 rings (SSSR count). The van der Waals surface area contributed by atoms with Crippen LogP contribution in [-0.4, -0.2) is 55.0 Å². The minimum Gasteiger partial charge on any atom is -0.478 e. The maximum Gasteiger partial charge on any atom is 0.337 e. The van der Waals surface area contributed by atoms with E-state index in [0.717, 1.165) is 22.5 Å². The van der Waals surface area contributed by atoms with Gasteiger partial charge in [0, 0.05) is 25.2 Å². The van der Waals surface area contributed by atoms with E-state index in [1.807, 2.05) is 0 Å². The number of nitro groups is 1. The molecule has 0 unspecified atom stereocenters. The van der Waals surface area contributed by atoms with Crippen molar-refractivity contribution in [2.24, 2.45) is 0 Å². The Morgan fingerprint density at radius 1 is 1.33 bits per heavy atom. The van der Waals surface area contributed by atoms with Crippen LogP contribution < -0.4 is 0 Å². The Morgan fingerprint density at radius 3 is 2.48 bits per heavy atom. The standard InChI is InChI=1S/C11H12N2O7S/c14-11(15)9-7-8(13(16)17)1-2-10(9)21(18,19)12-3-5-20-6-4-12/h1-2,7H,3-6H2,(H,14,15). The summed E-state index contributed by atoms with van der Waals surface area (Å²) in [7, 11) is -4.03. The summed E-state index contributed by atoms with van der Waals surface area (Å²) < 4.78 is 31.0. The number of non-ortho nitro benzene ring substituents is 1. The van der Waals surface area contributed by atoms with Crippen LogP contribution in [0, 0.1) is 10.1 Å². The highest BCUT2D eigenvalue weighted by molar-refractivity contribution is 7.89. The molecule has 21 heavy (non-hydrogen) atoms. The maximum atomic E-state index is 12.4. The number of hydrogen-bond acceptors (Lipinski definition) is 6. The topological polar surface area (TPSA) is 127 Å². The molecule has 0 aliphatic carbocycles. The van der Waals surface area contributed by atoms with Crippen LogP contribution in [0.2, 0.25) is 0 Å². The molecular formula is C11H12N2O7S. The van der Waals surface area contributed by atoms with Gasteiger partial charge in [0.1, 0.15) is 0 Å². The number of hydrogen-bond donors (Lipinski definition) is 1. The first-order valence-electron chi connectivity index (χ1n) is 5.93. The first-order chi connectivity index (χ1) is 9.84. The Balaban J connectivity index is 2.51. The van der Waals surface area contributed by atoms with E-state index in [2.05, 4.69) is 0 Å². The molecule has 1 aliphatic heterocycles. The molecule has 1 N–H and O–H groups in total. The van der Waals surface area contributed by atoms with Crippen LogP contribution in [0.4, 0.5) is 5.69 Å². The molecule has 1 saturated heterocycles. The normalized spacial score (nSPS) is 16.6. The highest BCUT2D eigenvalue weighted by Gasteiger charge is 2.31. The van der Waals surface area contributed by atoms with Crippen LogP contribution in [-0.2, 0) is 14.8 Å². The zero-order valence-electron chi connectivity index (χ0n) is 10.8. The van der Waals surface area contributed by atoms with Crippen LogP contribution in [0.15, 0.2) is 23.1 Å². The van der Waals surface area contributed by atoms with E-state index >= 15 is 0 Å². The number of aromatic carboxylic acids is 1. The van der Waals surface area contributed by atoms with Gasteiger partial charge in [-0.15, -0.1) is 0 Å².